The zero-order valence-corrected chi connectivity index (χ0v) is 10.2. The topological polar surface area (TPSA) is 55.8 Å². The molecule has 90 valence electrons. The fraction of sp³-hybridized carbons (Fsp3) is 0.909. The number of aliphatic hydroxyl groups excluding tert-OH is 1. The summed E-state index contributed by atoms with van der Waals surface area (Å²) < 4.78 is 9.97. The molecule has 0 aromatic carbocycles. The smallest absolute Gasteiger partial charge is 0.159 e. The predicted octanol–water partition coefficient (Wildman–Crippen LogP) is 1.36. The molecule has 4 heteroatoms. The van der Waals surface area contributed by atoms with Crippen molar-refractivity contribution in [3.63, 3.8) is 0 Å². The summed E-state index contributed by atoms with van der Waals surface area (Å²) in [4.78, 5) is 11.6. The van der Waals surface area contributed by atoms with Crippen LogP contribution < -0.4 is 0 Å². The molecule has 0 aliphatic heterocycles. The first-order chi connectivity index (χ1) is 6.89. The van der Waals surface area contributed by atoms with Gasteiger partial charge in [0.05, 0.1) is 6.10 Å². The Hall–Kier alpha value is -0.450. The van der Waals surface area contributed by atoms with Gasteiger partial charge in [-0.05, 0) is 0 Å². The van der Waals surface area contributed by atoms with Crippen LogP contribution in [0.2, 0.25) is 0 Å². The molecule has 0 bridgehead atoms. The third-order valence-electron chi connectivity index (χ3n) is 2.81. The van der Waals surface area contributed by atoms with Gasteiger partial charge >= 0.3 is 0 Å². The van der Waals surface area contributed by atoms with Gasteiger partial charge in [-0.2, -0.15) is 0 Å². The van der Waals surface area contributed by atoms with Crippen LogP contribution in [-0.2, 0) is 14.3 Å². The summed E-state index contributed by atoms with van der Waals surface area (Å²) in [6, 6.07) is 0. The van der Waals surface area contributed by atoms with Crippen molar-refractivity contribution in [2.75, 3.05) is 14.2 Å². The third-order valence-corrected chi connectivity index (χ3v) is 2.81. The standard InChI is InChI=1S/C11H22O4/c1-6-8(12)11(2,3)9(13)7-10(14-4)15-5/h9-10,13H,6-7H2,1-5H3/t9-/m0/s1. The van der Waals surface area contributed by atoms with E-state index in [4.69, 9.17) is 9.47 Å². The summed E-state index contributed by atoms with van der Waals surface area (Å²) in [6.45, 7) is 5.28. The molecule has 15 heavy (non-hydrogen) atoms. The van der Waals surface area contributed by atoms with Crippen LogP contribution >= 0.6 is 0 Å². The SMILES string of the molecule is CCC(=O)C(C)(C)[C@@H](O)CC(OC)OC. The molecule has 1 atom stereocenters. The van der Waals surface area contributed by atoms with Crippen molar-refractivity contribution < 1.29 is 19.4 Å². The molecule has 0 radical (unpaired) electrons. The van der Waals surface area contributed by atoms with Crippen molar-refractivity contribution in [3.05, 3.63) is 0 Å². The van der Waals surface area contributed by atoms with Gasteiger partial charge in [-0.1, -0.05) is 20.8 Å². The normalized spacial score (nSPS) is 14.3. The molecule has 0 unspecified atom stereocenters. The molecule has 1 N–H and O–H groups in total. The van der Waals surface area contributed by atoms with E-state index in [0.717, 1.165) is 0 Å². The number of methoxy groups -OCH3 is 2. The molecule has 0 fully saturated rings. The molecule has 0 spiro atoms. The van der Waals surface area contributed by atoms with E-state index in [9.17, 15) is 9.90 Å². The molecule has 0 aromatic heterocycles. The van der Waals surface area contributed by atoms with Crippen molar-refractivity contribution in [2.45, 2.75) is 46.0 Å². The average molecular weight is 218 g/mol. The van der Waals surface area contributed by atoms with Crippen molar-refractivity contribution in [3.8, 4) is 0 Å². The molecule has 0 aromatic rings. The minimum absolute atomic E-state index is 0.0426. The largest absolute Gasteiger partial charge is 0.392 e. The van der Waals surface area contributed by atoms with Crippen LogP contribution in [0.15, 0.2) is 0 Å². The Kier molecular flexibility index (Phi) is 6.02. The Morgan fingerprint density at radius 1 is 1.33 bits per heavy atom. The van der Waals surface area contributed by atoms with Gasteiger partial charge < -0.3 is 14.6 Å². The summed E-state index contributed by atoms with van der Waals surface area (Å²) in [5.74, 6) is 0.0426. The lowest BCUT2D eigenvalue weighted by atomic mass is 9.79. The van der Waals surface area contributed by atoms with E-state index >= 15 is 0 Å². The number of ketones is 1. The second-order valence-electron chi connectivity index (χ2n) is 4.15. The summed E-state index contributed by atoms with van der Waals surface area (Å²) in [5, 5.41) is 9.93. The van der Waals surface area contributed by atoms with Crippen LogP contribution in [0.3, 0.4) is 0 Å². The van der Waals surface area contributed by atoms with E-state index in [0.29, 0.717) is 12.8 Å². The molecule has 0 saturated carbocycles. The van der Waals surface area contributed by atoms with Crippen molar-refractivity contribution in [1.29, 1.82) is 0 Å². The number of hydrogen-bond donors (Lipinski definition) is 1. The molecule has 0 saturated heterocycles. The van der Waals surface area contributed by atoms with Crippen LogP contribution in [0.4, 0.5) is 0 Å². The number of carbonyl (C=O) groups is 1. The van der Waals surface area contributed by atoms with Gasteiger partial charge in [0, 0.05) is 32.5 Å². The Morgan fingerprint density at radius 3 is 2.13 bits per heavy atom. The van der Waals surface area contributed by atoms with E-state index in [2.05, 4.69) is 0 Å². The van der Waals surface area contributed by atoms with Crippen LogP contribution in [0.5, 0.6) is 0 Å². The maximum atomic E-state index is 11.6. The highest BCUT2D eigenvalue weighted by Gasteiger charge is 2.35. The van der Waals surface area contributed by atoms with E-state index in [1.807, 2.05) is 0 Å². The summed E-state index contributed by atoms with van der Waals surface area (Å²) in [6.07, 6.45) is -0.501. The average Bonchev–Trinajstić information content (AvgIpc) is 2.23. The third kappa shape index (κ3) is 3.89. The number of Topliss-reactive ketones (excluding diaryl/α,β-unsaturated/α-hetero) is 1. The molecule has 4 nitrogen and oxygen atoms in total. The lowest BCUT2D eigenvalue weighted by molar-refractivity contribution is -0.148. The fourth-order valence-corrected chi connectivity index (χ4v) is 1.41. The molecular weight excluding hydrogens is 196 g/mol. The fourth-order valence-electron chi connectivity index (χ4n) is 1.41. The zero-order chi connectivity index (χ0) is 12.1. The lowest BCUT2D eigenvalue weighted by Gasteiger charge is -2.30. The highest BCUT2D eigenvalue weighted by molar-refractivity contribution is 5.84. The van der Waals surface area contributed by atoms with Gasteiger partial charge in [-0.25, -0.2) is 0 Å². The number of ether oxygens (including phenoxy) is 2. The Balaban J connectivity index is 4.41. The highest BCUT2D eigenvalue weighted by Crippen LogP contribution is 2.27. The second-order valence-corrected chi connectivity index (χ2v) is 4.15. The minimum Gasteiger partial charge on any atom is -0.392 e. The van der Waals surface area contributed by atoms with Gasteiger partial charge in [0.1, 0.15) is 5.78 Å². The first kappa shape index (κ1) is 14.6. The first-order valence-electron chi connectivity index (χ1n) is 5.17. The quantitative estimate of drug-likeness (QED) is 0.656. The second kappa shape index (κ2) is 6.20. The predicted molar refractivity (Wildman–Crippen MR) is 57.5 cm³/mol. The zero-order valence-electron chi connectivity index (χ0n) is 10.2. The van der Waals surface area contributed by atoms with E-state index < -0.39 is 17.8 Å². The molecule has 0 aliphatic rings. The van der Waals surface area contributed by atoms with Crippen LogP contribution in [-0.4, -0.2) is 37.5 Å². The van der Waals surface area contributed by atoms with Crippen molar-refractivity contribution in [2.24, 2.45) is 5.41 Å². The molecule has 0 heterocycles. The van der Waals surface area contributed by atoms with Gasteiger partial charge in [0.2, 0.25) is 0 Å². The maximum absolute atomic E-state index is 11.6. The summed E-state index contributed by atoms with van der Waals surface area (Å²) in [7, 11) is 3.02. The monoisotopic (exact) mass is 218 g/mol. The lowest BCUT2D eigenvalue weighted by Crippen LogP contribution is -2.39. The number of carbonyl (C=O) groups excluding carboxylic acids is 1. The molecule has 0 aliphatic carbocycles. The van der Waals surface area contributed by atoms with E-state index in [1.54, 1.807) is 20.8 Å². The Morgan fingerprint density at radius 2 is 1.80 bits per heavy atom. The van der Waals surface area contributed by atoms with Crippen molar-refractivity contribution in [1.82, 2.24) is 0 Å². The van der Waals surface area contributed by atoms with Gasteiger partial charge in [-0.3, -0.25) is 4.79 Å². The Bertz CT molecular complexity index is 197. The number of hydrogen-bond acceptors (Lipinski definition) is 4. The van der Waals surface area contributed by atoms with Gasteiger partial charge in [0.15, 0.2) is 6.29 Å². The van der Waals surface area contributed by atoms with E-state index in [-0.39, 0.29) is 5.78 Å². The summed E-state index contributed by atoms with van der Waals surface area (Å²) in [5.41, 5.74) is -0.746. The van der Waals surface area contributed by atoms with Crippen LogP contribution in [0.1, 0.15) is 33.6 Å². The first-order valence-corrected chi connectivity index (χ1v) is 5.17. The van der Waals surface area contributed by atoms with E-state index in [1.165, 1.54) is 14.2 Å². The number of aliphatic hydroxyl groups is 1. The molecule has 0 amide bonds. The Labute approximate surface area is 91.6 Å². The van der Waals surface area contributed by atoms with Crippen LogP contribution in [0.25, 0.3) is 0 Å². The van der Waals surface area contributed by atoms with Crippen LogP contribution in [0, 0.1) is 5.41 Å². The van der Waals surface area contributed by atoms with Crippen molar-refractivity contribution >= 4 is 5.78 Å². The van der Waals surface area contributed by atoms with Gasteiger partial charge in [-0.15, -0.1) is 0 Å². The molecular formula is C11H22O4. The number of rotatable bonds is 7. The molecule has 0 rings (SSSR count). The summed E-state index contributed by atoms with van der Waals surface area (Å²) >= 11 is 0. The van der Waals surface area contributed by atoms with Gasteiger partial charge in [0.25, 0.3) is 0 Å². The maximum Gasteiger partial charge on any atom is 0.159 e. The highest BCUT2D eigenvalue weighted by atomic mass is 16.7. The minimum atomic E-state index is -0.755.